The molecule has 2 rings (SSSR count). The van der Waals surface area contributed by atoms with Crippen LogP contribution in [0.3, 0.4) is 0 Å². The number of hydrogen-bond acceptors (Lipinski definition) is 7. The molecular weight excluding hydrogens is 551 g/mol. The van der Waals surface area contributed by atoms with E-state index < -0.39 is 24.0 Å². The predicted octanol–water partition coefficient (Wildman–Crippen LogP) is 6.16. The molecule has 0 unspecified atom stereocenters. The van der Waals surface area contributed by atoms with Crippen molar-refractivity contribution in [3.63, 3.8) is 0 Å². The van der Waals surface area contributed by atoms with E-state index in [1.54, 1.807) is 19.2 Å². The Kier molecular flexibility index (Phi) is 11.6. The highest BCUT2D eigenvalue weighted by molar-refractivity contribution is 9.10. The molecule has 0 aliphatic carbocycles. The third-order valence-electron chi connectivity index (χ3n) is 5.15. The molecule has 1 heterocycles. The van der Waals surface area contributed by atoms with Crippen LogP contribution in [0, 0.1) is 5.82 Å². The van der Waals surface area contributed by atoms with Crippen molar-refractivity contribution in [2.45, 2.75) is 46.1 Å². The minimum atomic E-state index is -2.90. The molecule has 2 aromatic rings. The molecule has 0 saturated carbocycles. The van der Waals surface area contributed by atoms with Gasteiger partial charge in [0.15, 0.2) is 5.88 Å². The van der Waals surface area contributed by atoms with Gasteiger partial charge in [-0.25, -0.2) is 13.2 Å². The lowest BCUT2D eigenvalue weighted by Crippen LogP contribution is -2.13. The van der Waals surface area contributed by atoms with Crippen molar-refractivity contribution in [3.8, 4) is 5.75 Å². The number of aliphatic imine (C=N–C) groups is 2. The van der Waals surface area contributed by atoms with Crippen molar-refractivity contribution in [2.24, 2.45) is 21.5 Å². The summed E-state index contributed by atoms with van der Waals surface area (Å²) in [5, 5.41) is 0. The topological polar surface area (TPSA) is 108 Å². The highest BCUT2D eigenvalue weighted by atomic mass is 79.9. The summed E-state index contributed by atoms with van der Waals surface area (Å²) in [6.07, 6.45) is 1.28. The number of alkyl halides is 2. The number of hydrogen-bond donors (Lipinski definition) is 2. The third kappa shape index (κ3) is 8.92. The number of rotatable bonds is 12. The molecule has 0 aliphatic rings. The Morgan fingerprint density at radius 1 is 1.22 bits per heavy atom. The van der Waals surface area contributed by atoms with E-state index in [9.17, 15) is 13.2 Å². The summed E-state index contributed by atoms with van der Waals surface area (Å²) in [6.45, 7) is 5.98. The second kappa shape index (κ2) is 14.4. The van der Waals surface area contributed by atoms with E-state index >= 15 is 0 Å². The Hall–Kier alpha value is -3.34. The molecule has 200 valence electrons. The second-order valence-corrected chi connectivity index (χ2v) is 8.78. The van der Waals surface area contributed by atoms with Crippen LogP contribution in [-0.4, -0.2) is 37.0 Å². The number of aromatic nitrogens is 1. The lowest BCUT2D eigenvalue weighted by molar-refractivity contribution is 0.188. The quantitative estimate of drug-likeness (QED) is 0.230. The minimum absolute atomic E-state index is 0.0157. The van der Waals surface area contributed by atoms with Crippen LogP contribution in [0.1, 0.15) is 44.6 Å². The number of allylic oxidation sites excluding steroid dienone is 3. The predicted molar refractivity (Wildman–Crippen MR) is 144 cm³/mol. The van der Waals surface area contributed by atoms with E-state index in [0.717, 1.165) is 16.2 Å². The lowest BCUT2D eigenvalue weighted by Gasteiger charge is -2.19. The largest absolute Gasteiger partial charge is 0.484 e. The molecule has 37 heavy (non-hydrogen) atoms. The van der Waals surface area contributed by atoms with Gasteiger partial charge in [0.2, 0.25) is 0 Å². The summed E-state index contributed by atoms with van der Waals surface area (Å²) in [5.41, 5.74) is 12.8. The van der Waals surface area contributed by atoms with Gasteiger partial charge in [-0.2, -0.15) is 0 Å². The van der Waals surface area contributed by atoms with Gasteiger partial charge in [-0.05, 0) is 66.5 Å². The standard InChI is InChI=1S/C26H31BrF3N5O2/c1-5-22-24(10-17(27)14-34-22)37-15(3)20-11-18(28)7-8-23(20)35-19(12-21(31)25(29)30)9-16(13-33-6-2)26(32)36-4/h7-8,10-15,25H,5-6,9,31-32H2,1-4H3/t15-/m1/s1. The van der Waals surface area contributed by atoms with E-state index in [0.29, 0.717) is 35.5 Å². The van der Waals surface area contributed by atoms with Crippen LogP contribution < -0.4 is 16.2 Å². The summed E-state index contributed by atoms with van der Waals surface area (Å²) < 4.78 is 52.8. The van der Waals surface area contributed by atoms with Crippen LogP contribution in [0.25, 0.3) is 0 Å². The van der Waals surface area contributed by atoms with Crippen molar-refractivity contribution >= 4 is 33.5 Å². The van der Waals surface area contributed by atoms with Crippen molar-refractivity contribution in [3.05, 3.63) is 75.2 Å². The molecule has 7 nitrogen and oxygen atoms in total. The number of pyridine rings is 1. The van der Waals surface area contributed by atoms with Gasteiger partial charge in [0, 0.05) is 46.7 Å². The van der Waals surface area contributed by atoms with E-state index in [1.807, 2.05) is 13.8 Å². The summed E-state index contributed by atoms with van der Waals surface area (Å²) in [6, 6.07) is 5.74. The van der Waals surface area contributed by atoms with Crippen LogP contribution in [0.2, 0.25) is 0 Å². The normalized spacial score (nSPS) is 14.2. The average molecular weight is 582 g/mol. The maximum absolute atomic E-state index is 14.3. The minimum Gasteiger partial charge on any atom is -0.484 e. The molecule has 0 saturated heterocycles. The Balaban J connectivity index is 2.60. The first kappa shape index (κ1) is 29.9. The maximum Gasteiger partial charge on any atom is 0.277 e. The van der Waals surface area contributed by atoms with Crippen LogP contribution in [0.15, 0.2) is 68.1 Å². The molecule has 1 aromatic carbocycles. The van der Waals surface area contributed by atoms with Gasteiger partial charge >= 0.3 is 0 Å². The molecule has 11 heteroatoms. The zero-order chi connectivity index (χ0) is 27.5. The number of halogens is 4. The fraction of sp³-hybridized carbons (Fsp3) is 0.346. The first-order valence-corrected chi connectivity index (χ1v) is 12.3. The average Bonchev–Trinajstić information content (AvgIpc) is 2.86. The zero-order valence-electron chi connectivity index (χ0n) is 21.1. The van der Waals surface area contributed by atoms with Gasteiger partial charge in [-0.1, -0.05) is 6.92 Å². The number of ether oxygens (including phenoxy) is 2. The van der Waals surface area contributed by atoms with Gasteiger partial charge in [0.05, 0.1) is 24.2 Å². The molecule has 1 atom stereocenters. The number of benzene rings is 1. The lowest BCUT2D eigenvalue weighted by atomic mass is 10.1. The van der Waals surface area contributed by atoms with Crippen molar-refractivity contribution in [1.82, 2.24) is 4.98 Å². The van der Waals surface area contributed by atoms with E-state index in [4.69, 9.17) is 20.9 Å². The molecule has 0 radical (unpaired) electrons. The van der Waals surface area contributed by atoms with Crippen molar-refractivity contribution in [2.75, 3.05) is 13.7 Å². The van der Waals surface area contributed by atoms with Gasteiger partial charge < -0.3 is 20.9 Å². The first-order chi connectivity index (χ1) is 17.6. The molecule has 4 N–H and O–H groups in total. The fourth-order valence-electron chi connectivity index (χ4n) is 3.28. The Labute approximate surface area is 223 Å². The van der Waals surface area contributed by atoms with Crippen LogP contribution in [-0.2, 0) is 11.2 Å². The van der Waals surface area contributed by atoms with Crippen LogP contribution >= 0.6 is 15.9 Å². The molecular formula is C26H31BrF3N5O2. The second-order valence-electron chi connectivity index (χ2n) is 7.86. The van der Waals surface area contributed by atoms with Gasteiger partial charge in [0.1, 0.15) is 17.7 Å². The molecule has 0 fully saturated rings. The van der Waals surface area contributed by atoms with Crippen molar-refractivity contribution < 1.29 is 22.6 Å². The molecule has 0 aliphatic heterocycles. The smallest absolute Gasteiger partial charge is 0.277 e. The monoisotopic (exact) mass is 581 g/mol. The van der Waals surface area contributed by atoms with Crippen LogP contribution in [0.5, 0.6) is 5.75 Å². The molecule has 0 spiro atoms. The number of nitrogens with zero attached hydrogens (tertiary/aromatic N) is 3. The zero-order valence-corrected chi connectivity index (χ0v) is 22.7. The SMILES string of the molecule is CCN=CC(CC(C=C(N)C(F)F)=Nc1ccc(F)cc1[C@@H](C)Oc1cc(Br)cnc1CC)=C(N)OC. The van der Waals surface area contributed by atoms with Crippen molar-refractivity contribution in [1.29, 1.82) is 0 Å². The number of nitrogens with two attached hydrogens (primary N) is 2. The van der Waals surface area contributed by atoms with E-state index in [-0.39, 0.29) is 18.0 Å². The number of methoxy groups -OCH3 is 1. The maximum atomic E-state index is 14.3. The summed E-state index contributed by atoms with van der Waals surface area (Å²) in [7, 11) is 1.38. The highest BCUT2D eigenvalue weighted by Gasteiger charge is 2.18. The van der Waals surface area contributed by atoms with Crippen LogP contribution in [0.4, 0.5) is 18.9 Å². The Morgan fingerprint density at radius 2 is 1.95 bits per heavy atom. The summed E-state index contributed by atoms with van der Waals surface area (Å²) >= 11 is 3.38. The fourth-order valence-corrected chi connectivity index (χ4v) is 3.59. The Morgan fingerprint density at radius 3 is 2.57 bits per heavy atom. The van der Waals surface area contributed by atoms with E-state index in [2.05, 4.69) is 30.9 Å². The van der Waals surface area contributed by atoms with Gasteiger partial charge in [-0.3, -0.25) is 15.0 Å². The first-order valence-electron chi connectivity index (χ1n) is 11.5. The number of aryl methyl sites for hydroxylation is 1. The third-order valence-corrected chi connectivity index (χ3v) is 5.58. The highest BCUT2D eigenvalue weighted by Crippen LogP contribution is 2.33. The van der Waals surface area contributed by atoms with E-state index in [1.165, 1.54) is 31.5 Å². The van der Waals surface area contributed by atoms with Gasteiger partial charge in [-0.15, -0.1) is 0 Å². The molecule has 0 amide bonds. The molecule has 0 bridgehead atoms. The summed E-state index contributed by atoms with van der Waals surface area (Å²) in [5.74, 6) is 0.0784. The molecule has 1 aromatic heterocycles. The Bertz CT molecular complexity index is 1200. The summed E-state index contributed by atoms with van der Waals surface area (Å²) in [4.78, 5) is 13.1. The van der Waals surface area contributed by atoms with Gasteiger partial charge in [0.25, 0.3) is 6.43 Å².